The monoisotopic (exact) mass is 239 g/mol. The smallest absolute Gasteiger partial charge is 0.342 e. The molecule has 7 nitrogen and oxygen atoms in total. The number of aromatic amines is 2. The van der Waals surface area contributed by atoms with Gasteiger partial charge in [-0.1, -0.05) is 0 Å². The maximum atomic E-state index is 11.7. The summed E-state index contributed by atoms with van der Waals surface area (Å²) in [6, 6.07) is 0.0617. The van der Waals surface area contributed by atoms with Crippen molar-refractivity contribution in [1.29, 1.82) is 0 Å². The summed E-state index contributed by atoms with van der Waals surface area (Å²) < 4.78 is 0. The lowest BCUT2D eigenvalue weighted by molar-refractivity contribution is 0.408. The van der Waals surface area contributed by atoms with E-state index in [4.69, 9.17) is 5.73 Å². The molecule has 2 atom stereocenters. The summed E-state index contributed by atoms with van der Waals surface area (Å²) in [6.07, 6.45) is 3.05. The van der Waals surface area contributed by atoms with Crippen molar-refractivity contribution in [2.24, 2.45) is 5.73 Å². The fourth-order valence-corrected chi connectivity index (χ4v) is 2.30. The first-order valence-electron chi connectivity index (χ1n) is 5.81. The summed E-state index contributed by atoms with van der Waals surface area (Å²) in [5.74, 6) is 0.256. The van der Waals surface area contributed by atoms with Crippen molar-refractivity contribution in [3.8, 4) is 0 Å². The van der Waals surface area contributed by atoms with E-state index in [9.17, 15) is 9.59 Å². The SMILES string of the molecule is CC(N)C1CCCCN1c1n[nH]c(=O)[nH]c1=O. The Labute approximate surface area is 98.0 Å². The third-order valence-electron chi connectivity index (χ3n) is 3.12. The van der Waals surface area contributed by atoms with Crippen LogP contribution in [0.15, 0.2) is 9.59 Å². The molecule has 0 saturated carbocycles. The molecule has 1 saturated heterocycles. The first-order chi connectivity index (χ1) is 8.09. The lowest BCUT2D eigenvalue weighted by Crippen LogP contribution is -2.51. The molecule has 2 rings (SSSR count). The summed E-state index contributed by atoms with van der Waals surface area (Å²) in [7, 11) is 0. The van der Waals surface area contributed by atoms with Crippen molar-refractivity contribution in [2.75, 3.05) is 11.4 Å². The van der Waals surface area contributed by atoms with Gasteiger partial charge in [0.05, 0.1) is 0 Å². The molecule has 1 fully saturated rings. The van der Waals surface area contributed by atoms with Crippen molar-refractivity contribution in [2.45, 2.75) is 38.3 Å². The highest BCUT2D eigenvalue weighted by Gasteiger charge is 2.28. The zero-order valence-electron chi connectivity index (χ0n) is 9.77. The molecule has 0 spiro atoms. The minimum atomic E-state index is -0.590. The lowest BCUT2D eigenvalue weighted by atomic mass is 9.97. The lowest BCUT2D eigenvalue weighted by Gasteiger charge is -2.37. The number of hydrogen-bond acceptors (Lipinski definition) is 5. The van der Waals surface area contributed by atoms with Gasteiger partial charge in [0.1, 0.15) is 0 Å². The van der Waals surface area contributed by atoms with E-state index >= 15 is 0 Å². The van der Waals surface area contributed by atoms with Crippen LogP contribution in [0.3, 0.4) is 0 Å². The second kappa shape index (κ2) is 4.70. The molecule has 1 aliphatic heterocycles. The van der Waals surface area contributed by atoms with Gasteiger partial charge in [-0.3, -0.25) is 9.78 Å². The van der Waals surface area contributed by atoms with Gasteiger partial charge in [0.15, 0.2) is 0 Å². The molecule has 1 aromatic rings. The highest BCUT2D eigenvalue weighted by atomic mass is 16.2. The number of rotatable bonds is 2. The second-order valence-corrected chi connectivity index (χ2v) is 4.45. The van der Waals surface area contributed by atoms with E-state index in [-0.39, 0.29) is 17.9 Å². The second-order valence-electron chi connectivity index (χ2n) is 4.45. The average molecular weight is 239 g/mol. The van der Waals surface area contributed by atoms with Gasteiger partial charge in [0.25, 0.3) is 5.56 Å². The molecule has 17 heavy (non-hydrogen) atoms. The first kappa shape index (κ1) is 11.8. The highest BCUT2D eigenvalue weighted by Crippen LogP contribution is 2.21. The first-order valence-corrected chi connectivity index (χ1v) is 5.81. The Morgan fingerprint density at radius 1 is 1.47 bits per heavy atom. The molecule has 4 N–H and O–H groups in total. The number of anilines is 1. The van der Waals surface area contributed by atoms with Gasteiger partial charge >= 0.3 is 5.69 Å². The number of nitrogens with two attached hydrogens (primary N) is 1. The molecule has 7 heteroatoms. The van der Waals surface area contributed by atoms with Crippen molar-refractivity contribution in [3.63, 3.8) is 0 Å². The molecule has 1 aromatic heterocycles. The molecular formula is C10H17N5O2. The predicted molar refractivity (Wildman–Crippen MR) is 64.1 cm³/mol. The number of piperidine rings is 1. The van der Waals surface area contributed by atoms with Crippen LogP contribution in [-0.4, -0.2) is 33.8 Å². The zero-order valence-corrected chi connectivity index (χ0v) is 9.77. The third kappa shape index (κ3) is 2.38. The third-order valence-corrected chi connectivity index (χ3v) is 3.12. The van der Waals surface area contributed by atoms with E-state index < -0.39 is 11.2 Å². The van der Waals surface area contributed by atoms with E-state index in [0.717, 1.165) is 25.8 Å². The molecule has 94 valence electrons. The minimum Gasteiger partial charge on any atom is -0.346 e. The summed E-state index contributed by atoms with van der Waals surface area (Å²) in [5, 5.41) is 6.08. The average Bonchev–Trinajstić information content (AvgIpc) is 2.29. The molecule has 0 bridgehead atoms. The summed E-state index contributed by atoms with van der Waals surface area (Å²) >= 11 is 0. The fraction of sp³-hybridized carbons (Fsp3) is 0.700. The van der Waals surface area contributed by atoms with Crippen molar-refractivity contribution >= 4 is 5.82 Å². The van der Waals surface area contributed by atoms with E-state index in [0.29, 0.717) is 0 Å². The van der Waals surface area contributed by atoms with Gasteiger partial charge in [-0.15, -0.1) is 5.10 Å². The number of nitrogens with zero attached hydrogens (tertiary/aromatic N) is 2. The van der Waals surface area contributed by atoms with Gasteiger partial charge in [0.2, 0.25) is 5.82 Å². The van der Waals surface area contributed by atoms with Crippen LogP contribution in [0, 0.1) is 0 Å². The molecule has 0 amide bonds. The van der Waals surface area contributed by atoms with Gasteiger partial charge in [-0.2, -0.15) is 0 Å². The quantitative estimate of drug-likeness (QED) is 0.624. The Balaban J connectivity index is 2.36. The van der Waals surface area contributed by atoms with Crippen LogP contribution in [0.5, 0.6) is 0 Å². The maximum Gasteiger partial charge on any atom is 0.342 e. The Hall–Kier alpha value is -1.63. The number of hydrogen-bond donors (Lipinski definition) is 3. The van der Waals surface area contributed by atoms with E-state index in [1.165, 1.54) is 0 Å². The van der Waals surface area contributed by atoms with E-state index in [1.807, 2.05) is 11.8 Å². The van der Waals surface area contributed by atoms with Gasteiger partial charge in [-0.25, -0.2) is 9.89 Å². The number of nitrogens with one attached hydrogen (secondary N) is 2. The minimum absolute atomic E-state index is 0.0385. The Kier molecular flexibility index (Phi) is 3.28. The topological polar surface area (TPSA) is 108 Å². The molecule has 0 aliphatic carbocycles. The van der Waals surface area contributed by atoms with Gasteiger partial charge in [0, 0.05) is 18.6 Å². The number of H-pyrrole nitrogens is 2. The zero-order chi connectivity index (χ0) is 12.4. The molecule has 0 aromatic carbocycles. The molecule has 2 unspecified atom stereocenters. The van der Waals surface area contributed by atoms with Crippen molar-refractivity contribution in [3.05, 3.63) is 20.8 Å². The largest absolute Gasteiger partial charge is 0.346 e. The molecule has 0 radical (unpaired) electrons. The highest BCUT2D eigenvalue weighted by molar-refractivity contribution is 5.37. The Morgan fingerprint density at radius 2 is 2.24 bits per heavy atom. The van der Waals surface area contributed by atoms with E-state index in [2.05, 4.69) is 15.2 Å². The normalized spacial score (nSPS) is 22.5. The summed E-state index contributed by atoms with van der Waals surface area (Å²) in [6.45, 7) is 2.66. The fourth-order valence-electron chi connectivity index (χ4n) is 2.30. The summed E-state index contributed by atoms with van der Waals surface area (Å²) in [4.78, 5) is 26.7. The van der Waals surface area contributed by atoms with Crippen LogP contribution < -0.4 is 21.9 Å². The standard InChI is InChI=1S/C10H17N5O2/c1-6(11)7-4-2-3-5-15(7)8-9(16)12-10(17)14-13-8/h6-7H,2-5,11H2,1H3,(H2,12,14,16,17). The van der Waals surface area contributed by atoms with Gasteiger partial charge < -0.3 is 10.6 Å². The van der Waals surface area contributed by atoms with Crippen LogP contribution in [-0.2, 0) is 0 Å². The molecule has 2 heterocycles. The van der Waals surface area contributed by atoms with Gasteiger partial charge in [-0.05, 0) is 26.2 Å². The van der Waals surface area contributed by atoms with Crippen LogP contribution in [0.4, 0.5) is 5.82 Å². The maximum absolute atomic E-state index is 11.7. The Bertz CT molecular complexity index is 492. The van der Waals surface area contributed by atoms with Crippen LogP contribution >= 0.6 is 0 Å². The molecular weight excluding hydrogens is 222 g/mol. The van der Waals surface area contributed by atoms with Crippen molar-refractivity contribution in [1.82, 2.24) is 15.2 Å². The Morgan fingerprint density at radius 3 is 2.88 bits per heavy atom. The van der Waals surface area contributed by atoms with Crippen LogP contribution in [0.25, 0.3) is 0 Å². The van der Waals surface area contributed by atoms with Crippen LogP contribution in [0.2, 0.25) is 0 Å². The number of aromatic nitrogens is 3. The van der Waals surface area contributed by atoms with Crippen LogP contribution in [0.1, 0.15) is 26.2 Å². The summed E-state index contributed by atoms with van der Waals surface area (Å²) in [5.41, 5.74) is 4.87. The van der Waals surface area contributed by atoms with E-state index in [1.54, 1.807) is 0 Å². The molecule has 1 aliphatic rings. The predicted octanol–water partition coefficient (Wildman–Crippen LogP) is -0.836. The van der Waals surface area contributed by atoms with Crippen molar-refractivity contribution < 1.29 is 0 Å².